The summed E-state index contributed by atoms with van der Waals surface area (Å²) in [5.41, 5.74) is 2.63. The number of nitrogens with zero attached hydrogens (tertiary/aromatic N) is 4. The Morgan fingerprint density at radius 3 is 0.868 bits per heavy atom. The standard InChI is InChI=1S/C23H50P.2C13H30N.C8H12N.C6H8N/c1-5-8-11-12-13-14-15-16-17-18-19-20-23-24(4,21-9-6-2)22-10-7-3;2*1-5-8-11-14(4,12-9-6-2)13-10-7-3;1-7-4-8(2)6-9(3)5-7;1-7-5-3-2-4-6-7/h5-23H2,1-4H3;2*5-13H2,1-4H3;4-6H,1-3H3;2-6H,1H3/q5*+1. The van der Waals surface area contributed by atoms with E-state index in [1.54, 1.807) is 18.5 Å². The first-order valence-corrected chi connectivity index (χ1v) is 32.8. The summed E-state index contributed by atoms with van der Waals surface area (Å²) in [7, 11) is 8.35. The predicted molar refractivity (Wildman–Crippen MR) is 314 cm³/mol. The molecule has 0 N–H and O–H groups in total. The average Bonchev–Trinajstić information content (AvgIpc) is 3.32. The van der Waals surface area contributed by atoms with Crippen molar-refractivity contribution >= 4 is 7.26 Å². The molecule has 68 heavy (non-hydrogen) atoms. The summed E-state index contributed by atoms with van der Waals surface area (Å²) in [4.78, 5) is 0. The maximum absolute atomic E-state index is 2.68. The van der Waals surface area contributed by atoms with E-state index in [1.165, 1.54) is 239 Å². The minimum Gasteiger partial charge on any atom is -0.326 e. The van der Waals surface area contributed by atoms with Gasteiger partial charge in [0, 0.05) is 37.2 Å². The lowest BCUT2D eigenvalue weighted by Gasteiger charge is -2.34. The third-order valence-corrected chi connectivity index (χ3v) is 18.3. The summed E-state index contributed by atoms with van der Waals surface area (Å²) in [6.45, 7) is 36.0. The van der Waals surface area contributed by atoms with Crippen LogP contribution in [0, 0.1) is 13.8 Å². The van der Waals surface area contributed by atoms with Crippen LogP contribution in [0.5, 0.6) is 0 Å². The van der Waals surface area contributed by atoms with E-state index < -0.39 is 7.26 Å². The zero-order valence-corrected chi connectivity index (χ0v) is 50.9. The van der Waals surface area contributed by atoms with Crippen molar-refractivity contribution in [1.29, 1.82) is 0 Å². The maximum atomic E-state index is 2.68. The lowest BCUT2D eigenvalue weighted by atomic mass is 10.1. The molecule has 5 heteroatoms. The van der Waals surface area contributed by atoms with E-state index in [2.05, 4.69) is 120 Å². The first-order valence-electron chi connectivity index (χ1n) is 30.0. The molecule has 4 nitrogen and oxygen atoms in total. The topological polar surface area (TPSA) is 7.76 Å². The van der Waals surface area contributed by atoms with Crippen LogP contribution in [0.15, 0.2) is 49.1 Å². The second-order valence-corrected chi connectivity index (χ2v) is 26.8. The third-order valence-electron chi connectivity index (χ3n) is 14.1. The van der Waals surface area contributed by atoms with Gasteiger partial charge in [0.05, 0.1) is 71.8 Å². The molecule has 0 radical (unpaired) electrons. The van der Waals surface area contributed by atoms with Crippen LogP contribution in [0.1, 0.15) is 253 Å². The molecule has 0 amide bonds. The second kappa shape index (κ2) is 50.6. The Hall–Kier alpha value is -1.35. The van der Waals surface area contributed by atoms with Gasteiger partial charge in [-0.1, -0.05) is 184 Å². The number of rotatable bonds is 37. The average molecular weight is 975 g/mol. The molecule has 0 aromatic carbocycles. The quantitative estimate of drug-likeness (QED) is 0.0276. The molecule has 0 bridgehead atoms. The number of aryl methyl sites for hydroxylation is 4. The molecule has 2 aromatic heterocycles. The van der Waals surface area contributed by atoms with E-state index in [-0.39, 0.29) is 0 Å². The summed E-state index contributed by atoms with van der Waals surface area (Å²) in [5, 5.41) is 0. The fourth-order valence-corrected chi connectivity index (χ4v) is 13.1. The lowest BCUT2D eigenvalue weighted by Crippen LogP contribution is -2.46. The van der Waals surface area contributed by atoms with Gasteiger partial charge in [-0.2, -0.15) is 0 Å². The van der Waals surface area contributed by atoms with Crippen LogP contribution in [-0.4, -0.2) is 87.5 Å². The van der Waals surface area contributed by atoms with E-state index >= 15 is 0 Å². The molecule has 0 unspecified atom stereocenters. The molecule has 2 heterocycles. The van der Waals surface area contributed by atoms with Crippen molar-refractivity contribution in [2.45, 2.75) is 256 Å². The normalized spacial score (nSPS) is 11.4. The van der Waals surface area contributed by atoms with E-state index in [1.807, 2.05) is 49.3 Å². The molecule has 0 saturated heterocycles. The molecule has 0 atom stereocenters. The van der Waals surface area contributed by atoms with Crippen molar-refractivity contribution in [2.24, 2.45) is 14.1 Å². The van der Waals surface area contributed by atoms with Gasteiger partial charge < -0.3 is 8.97 Å². The van der Waals surface area contributed by atoms with Crippen molar-refractivity contribution in [3.8, 4) is 0 Å². The molecule has 0 spiro atoms. The highest BCUT2D eigenvalue weighted by molar-refractivity contribution is 7.75. The van der Waals surface area contributed by atoms with Gasteiger partial charge in [-0.25, -0.2) is 9.13 Å². The first-order chi connectivity index (χ1) is 32.6. The highest BCUT2D eigenvalue weighted by Gasteiger charge is 2.29. The van der Waals surface area contributed by atoms with Crippen molar-refractivity contribution in [3.05, 3.63) is 60.2 Å². The van der Waals surface area contributed by atoms with Gasteiger partial charge in [-0.05, 0) is 84.1 Å². The van der Waals surface area contributed by atoms with Crippen molar-refractivity contribution in [1.82, 2.24) is 0 Å². The van der Waals surface area contributed by atoms with Gasteiger partial charge in [-0.3, -0.25) is 0 Å². The van der Waals surface area contributed by atoms with Gasteiger partial charge in [0.25, 0.3) is 0 Å². The molecule has 0 saturated carbocycles. The summed E-state index contributed by atoms with van der Waals surface area (Å²) in [5.74, 6) is 0. The molecule has 2 aromatic rings. The van der Waals surface area contributed by atoms with Crippen LogP contribution in [0.4, 0.5) is 0 Å². The summed E-state index contributed by atoms with van der Waals surface area (Å²) in [6.07, 6.45) is 52.8. The molecule has 402 valence electrons. The predicted octanol–water partition coefficient (Wildman–Crippen LogP) is 18.2. The zero-order chi connectivity index (χ0) is 51.6. The molecule has 0 aliphatic carbocycles. The van der Waals surface area contributed by atoms with Gasteiger partial charge in [0.15, 0.2) is 24.8 Å². The van der Waals surface area contributed by atoms with Gasteiger partial charge >= 0.3 is 0 Å². The molecule has 2 rings (SSSR count). The summed E-state index contributed by atoms with van der Waals surface area (Å²) < 4.78 is 6.70. The van der Waals surface area contributed by atoms with Gasteiger partial charge in [0.2, 0.25) is 0 Å². The Morgan fingerprint density at radius 2 is 0.618 bits per heavy atom. The van der Waals surface area contributed by atoms with Crippen LogP contribution >= 0.6 is 7.26 Å². The van der Waals surface area contributed by atoms with Crippen LogP contribution in [-0.2, 0) is 14.1 Å². The van der Waals surface area contributed by atoms with Gasteiger partial charge in [0.1, 0.15) is 14.1 Å². The van der Waals surface area contributed by atoms with E-state index in [0.717, 1.165) is 0 Å². The van der Waals surface area contributed by atoms with Gasteiger partial charge in [-0.15, -0.1) is 0 Å². The molecular formula is C63H130N4P+5. The largest absolute Gasteiger partial charge is 0.326 e. The zero-order valence-electron chi connectivity index (χ0n) is 50.0. The minimum atomic E-state index is -0.582. The third kappa shape index (κ3) is 48.3. The van der Waals surface area contributed by atoms with E-state index in [4.69, 9.17) is 0 Å². The fourth-order valence-electron chi connectivity index (χ4n) is 9.26. The Labute approximate surface area is 432 Å². The molecular weight excluding hydrogens is 844 g/mol. The number of hydrogen-bond donors (Lipinski definition) is 0. The number of quaternary nitrogens is 2. The molecule has 0 aliphatic rings. The van der Waals surface area contributed by atoms with Crippen LogP contribution in [0.2, 0.25) is 0 Å². The minimum absolute atomic E-state index is 0.582. The Balaban J connectivity index is -0.000000826. The van der Waals surface area contributed by atoms with Crippen LogP contribution in [0.3, 0.4) is 0 Å². The second-order valence-electron chi connectivity index (χ2n) is 22.2. The number of hydrogen-bond acceptors (Lipinski definition) is 0. The fraction of sp³-hybridized carbons (Fsp3) is 0.841. The van der Waals surface area contributed by atoms with Crippen molar-refractivity contribution < 1.29 is 18.1 Å². The highest BCUT2D eigenvalue weighted by atomic mass is 31.2. The highest BCUT2D eigenvalue weighted by Crippen LogP contribution is 2.57. The van der Waals surface area contributed by atoms with E-state index in [0.29, 0.717) is 0 Å². The Morgan fingerprint density at radius 1 is 0.353 bits per heavy atom. The summed E-state index contributed by atoms with van der Waals surface area (Å²) >= 11 is 0. The van der Waals surface area contributed by atoms with Crippen molar-refractivity contribution in [3.63, 3.8) is 0 Å². The van der Waals surface area contributed by atoms with Crippen LogP contribution in [0.25, 0.3) is 0 Å². The Bertz CT molecular complexity index is 1150. The smallest absolute Gasteiger partial charge is 0.171 e. The lowest BCUT2D eigenvalue weighted by molar-refractivity contribution is -0.910. The molecule has 0 aliphatic heterocycles. The maximum Gasteiger partial charge on any atom is 0.171 e. The number of aromatic nitrogens is 2. The van der Waals surface area contributed by atoms with Crippen LogP contribution < -0.4 is 9.13 Å². The Kier molecular flexibility index (Phi) is 52.7. The number of unbranched alkanes of at least 4 members (excludes halogenated alkanes) is 19. The van der Waals surface area contributed by atoms with E-state index in [9.17, 15) is 0 Å². The summed E-state index contributed by atoms with van der Waals surface area (Å²) in [6, 6.07) is 8.17. The van der Waals surface area contributed by atoms with Crippen molar-refractivity contribution in [2.75, 3.05) is 78.5 Å². The molecule has 0 fully saturated rings. The monoisotopic (exact) mass is 974 g/mol. The first kappa shape index (κ1) is 70.9. The SMILES string of the molecule is CCCCCCCCCCCCCC[P+](C)(CCCC)CCCC.CCCC[N+](C)(CCCC)CCCC.CCCC[N+](C)(CCCC)CCCC.C[n+]1ccccc1.Cc1cc(C)c[n+](C)c1. The number of pyridine rings is 2.